The summed E-state index contributed by atoms with van der Waals surface area (Å²) in [5, 5.41) is 0.616. The Bertz CT molecular complexity index is 1190. The second-order valence-electron chi connectivity index (χ2n) is 6.84. The molecular weight excluding hydrogens is 467 g/mol. The van der Waals surface area contributed by atoms with Crippen LogP contribution in [0.15, 0.2) is 66.7 Å². The van der Waals surface area contributed by atoms with Gasteiger partial charge in [-0.15, -0.1) is 0 Å². The third-order valence-corrected chi connectivity index (χ3v) is 4.73. The molecule has 0 heterocycles. The first kappa shape index (κ1) is 24.5. The van der Waals surface area contributed by atoms with E-state index in [4.69, 9.17) is 25.8 Å². The molecule has 0 aliphatic carbocycles. The van der Waals surface area contributed by atoms with Crippen LogP contribution in [0, 0.1) is 5.82 Å². The molecule has 0 saturated heterocycles. The zero-order valence-electron chi connectivity index (χ0n) is 18.0. The summed E-state index contributed by atoms with van der Waals surface area (Å²) in [6, 6.07) is 16.8. The predicted octanol–water partition coefficient (Wildman–Crippen LogP) is 3.68. The molecule has 0 atom stereocenters. The van der Waals surface area contributed by atoms with Crippen molar-refractivity contribution < 1.29 is 33.0 Å². The molecular formula is C24H20ClFN2O6. The van der Waals surface area contributed by atoms with Gasteiger partial charge in [-0.25, -0.2) is 9.18 Å². The molecule has 8 nitrogen and oxygen atoms in total. The summed E-state index contributed by atoms with van der Waals surface area (Å²) >= 11 is 5.87. The number of rotatable bonds is 8. The van der Waals surface area contributed by atoms with E-state index in [1.165, 1.54) is 37.4 Å². The molecule has 0 aliphatic rings. The molecule has 0 aliphatic heterocycles. The summed E-state index contributed by atoms with van der Waals surface area (Å²) in [6.07, 6.45) is 0. The van der Waals surface area contributed by atoms with Crippen molar-refractivity contribution in [3.63, 3.8) is 0 Å². The van der Waals surface area contributed by atoms with Crippen LogP contribution in [-0.2, 0) is 16.1 Å². The lowest BCUT2D eigenvalue weighted by molar-refractivity contribution is -0.125. The van der Waals surface area contributed by atoms with Gasteiger partial charge in [-0.1, -0.05) is 35.9 Å². The molecule has 0 saturated carbocycles. The van der Waals surface area contributed by atoms with Gasteiger partial charge in [0.1, 0.15) is 12.4 Å². The quantitative estimate of drug-likeness (QED) is 0.372. The van der Waals surface area contributed by atoms with Crippen LogP contribution in [0.2, 0.25) is 5.02 Å². The largest absolute Gasteiger partial charge is 0.493 e. The lowest BCUT2D eigenvalue weighted by atomic mass is 10.2. The highest BCUT2D eigenvalue weighted by molar-refractivity contribution is 6.30. The minimum Gasteiger partial charge on any atom is -0.493 e. The van der Waals surface area contributed by atoms with Gasteiger partial charge in [-0.2, -0.15) is 0 Å². The van der Waals surface area contributed by atoms with E-state index in [2.05, 4.69) is 0 Å². The van der Waals surface area contributed by atoms with Gasteiger partial charge >= 0.3 is 5.97 Å². The number of halogens is 2. The Morgan fingerprint density at radius 3 is 2.38 bits per heavy atom. The Kier molecular flexibility index (Phi) is 8.42. The highest BCUT2D eigenvalue weighted by Gasteiger charge is 2.16. The van der Waals surface area contributed by atoms with Crippen molar-refractivity contribution in [2.45, 2.75) is 6.61 Å². The van der Waals surface area contributed by atoms with Crippen LogP contribution >= 0.6 is 11.6 Å². The Hall–Kier alpha value is -4.11. The van der Waals surface area contributed by atoms with E-state index < -0.39 is 30.2 Å². The van der Waals surface area contributed by atoms with Gasteiger partial charge in [0.2, 0.25) is 0 Å². The maximum atomic E-state index is 13.6. The Labute approximate surface area is 199 Å². The van der Waals surface area contributed by atoms with Crippen molar-refractivity contribution in [2.24, 2.45) is 0 Å². The fourth-order valence-corrected chi connectivity index (χ4v) is 2.87. The van der Waals surface area contributed by atoms with Gasteiger partial charge in [-0.3, -0.25) is 20.4 Å². The highest BCUT2D eigenvalue weighted by atomic mass is 35.5. The van der Waals surface area contributed by atoms with Gasteiger partial charge < -0.3 is 14.2 Å². The smallest absolute Gasteiger partial charge is 0.338 e. The maximum absolute atomic E-state index is 13.6. The standard InChI is InChI=1S/C24H20ClFN2O6/c1-32-21-12-16(8-11-20(21)33-13-15-6-9-17(25)10-7-15)24(31)34-14-22(29)27-28-23(30)18-4-2-3-5-19(18)26/h2-12H,13-14H2,1H3,(H,27,29)(H,28,30). The number of esters is 1. The normalized spacial score (nSPS) is 10.2. The summed E-state index contributed by atoms with van der Waals surface area (Å²) in [5.74, 6) is -2.49. The fourth-order valence-electron chi connectivity index (χ4n) is 2.75. The van der Waals surface area contributed by atoms with Gasteiger partial charge in [0.15, 0.2) is 18.1 Å². The number of hydrogen-bond donors (Lipinski definition) is 2. The number of hydrazine groups is 1. The number of ether oxygens (including phenoxy) is 3. The number of amides is 2. The zero-order valence-corrected chi connectivity index (χ0v) is 18.7. The van der Waals surface area contributed by atoms with Crippen LogP contribution in [0.1, 0.15) is 26.3 Å². The molecule has 0 aromatic heterocycles. The third kappa shape index (κ3) is 6.69. The molecule has 3 aromatic rings. The second kappa shape index (κ2) is 11.7. The van der Waals surface area contributed by atoms with Gasteiger partial charge in [0, 0.05) is 5.02 Å². The number of benzene rings is 3. The first-order valence-corrected chi connectivity index (χ1v) is 10.3. The van der Waals surface area contributed by atoms with E-state index in [1.807, 2.05) is 23.0 Å². The van der Waals surface area contributed by atoms with E-state index >= 15 is 0 Å². The van der Waals surface area contributed by atoms with Crippen molar-refractivity contribution in [1.29, 1.82) is 0 Å². The Morgan fingerprint density at radius 1 is 0.941 bits per heavy atom. The van der Waals surface area contributed by atoms with Gasteiger partial charge in [0.25, 0.3) is 11.8 Å². The monoisotopic (exact) mass is 486 g/mol. The molecule has 0 spiro atoms. The average Bonchev–Trinajstić information content (AvgIpc) is 2.85. The van der Waals surface area contributed by atoms with Crippen molar-refractivity contribution >= 4 is 29.4 Å². The Morgan fingerprint density at radius 2 is 1.68 bits per heavy atom. The van der Waals surface area contributed by atoms with E-state index in [9.17, 15) is 18.8 Å². The van der Waals surface area contributed by atoms with Crippen molar-refractivity contribution in [3.05, 3.63) is 94.3 Å². The van der Waals surface area contributed by atoms with E-state index in [-0.39, 0.29) is 17.7 Å². The lowest BCUT2D eigenvalue weighted by Crippen LogP contribution is -2.43. The molecule has 2 N–H and O–H groups in total. The van der Waals surface area contributed by atoms with E-state index in [1.54, 1.807) is 18.2 Å². The van der Waals surface area contributed by atoms with Crippen molar-refractivity contribution in [3.8, 4) is 11.5 Å². The number of hydrogen-bond acceptors (Lipinski definition) is 6. The van der Waals surface area contributed by atoms with Crippen molar-refractivity contribution in [1.82, 2.24) is 10.9 Å². The van der Waals surface area contributed by atoms with Gasteiger partial charge in [0.05, 0.1) is 18.2 Å². The van der Waals surface area contributed by atoms with Crippen LogP contribution in [0.4, 0.5) is 4.39 Å². The van der Waals surface area contributed by atoms with Crippen LogP contribution in [0.25, 0.3) is 0 Å². The van der Waals surface area contributed by atoms with Crippen molar-refractivity contribution in [2.75, 3.05) is 13.7 Å². The molecule has 3 rings (SSSR count). The minimum absolute atomic E-state index is 0.124. The average molecular weight is 487 g/mol. The highest BCUT2D eigenvalue weighted by Crippen LogP contribution is 2.29. The van der Waals surface area contributed by atoms with Crippen LogP contribution in [0.3, 0.4) is 0 Å². The summed E-state index contributed by atoms with van der Waals surface area (Å²) in [7, 11) is 1.42. The number of methoxy groups -OCH3 is 1. The molecule has 10 heteroatoms. The molecule has 0 unspecified atom stereocenters. The Balaban J connectivity index is 1.51. The second-order valence-corrected chi connectivity index (χ2v) is 7.28. The molecule has 176 valence electrons. The van der Waals surface area contributed by atoms with Crippen LogP contribution in [0.5, 0.6) is 11.5 Å². The first-order valence-electron chi connectivity index (χ1n) is 9.93. The SMILES string of the molecule is COc1cc(C(=O)OCC(=O)NNC(=O)c2ccccc2F)ccc1OCc1ccc(Cl)cc1. The summed E-state index contributed by atoms with van der Waals surface area (Å²) < 4.78 is 29.5. The summed E-state index contributed by atoms with van der Waals surface area (Å²) in [4.78, 5) is 36.0. The molecule has 0 bridgehead atoms. The van der Waals surface area contributed by atoms with E-state index in [0.717, 1.165) is 11.6 Å². The minimum atomic E-state index is -0.850. The maximum Gasteiger partial charge on any atom is 0.338 e. The first-order chi connectivity index (χ1) is 16.4. The third-order valence-electron chi connectivity index (χ3n) is 4.48. The number of carbonyl (C=O) groups is 3. The van der Waals surface area contributed by atoms with E-state index in [0.29, 0.717) is 16.5 Å². The van der Waals surface area contributed by atoms with Crippen LogP contribution in [-0.4, -0.2) is 31.5 Å². The lowest BCUT2D eigenvalue weighted by Gasteiger charge is -2.12. The number of nitrogens with one attached hydrogen (secondary N) is 2. The topological polar surface area (TPSA) is 103 Å². The predicted molar refractivity (Wildman–Crippen MR) is 121 cm³/mol. The van der Waals surface area contributed by atoms with Gasteiger partial charge in [-0.05, 0) is 48.0 Å². The molecule has 34 heavy (non-hydrogen) atoms. The fraction of sp³-hybridized carbons (Fsp3) is 0.125. The summed E-state index contributed by atoms with van der Waals surface area (Å²) in [6.45, 7) is -0.413. The zero-order chi connectivity index (χ0) is 24.5. The molecule has 0 radical (unpaired) electrons. The number of carbonyl (C=O) groups excluding carboxylic acids is 3. The molecule has 0 fully saturated rings. The van der Waals surface area contributed by atoms with Crippen LogP contribution < -0.4 is 20.3 Å². The molecule has 3 aromatic carbocycles. The molecule has 2 amide bonds. The summed E-state index contributed by atoms with van der Waals surface area (Å²) in [5.41, 5.74) is 4.86.